The molecule has 0 amide bonds. The Labute approximate surface area is 126 Å². The van der Waals surface area contributed by atoms with E-state index >= 15 is 0 Å². The number of likely N-dealkylation sites (N-methyl/N-ethyl adjacent to an activating group) is 1. The number of hydrogen-bond acceptors (Lipinski definition) is 4. The highest BCUT2D eigenvalue weighted by Crippen LogP contribution is 2.24. The highest BCUT2D eigenvalue weighted by molar-refractivity contribution is 5.40. The Kier molecular flexibility index (Phi) is 5.58. The largest absolute Gasteiger partial charge is 0.494 e. The molecular weight excluding hydrogens is 262 g/mol. The fourth-order valence-corrected chi connectivity index (χ4v) is 2.39. The van der Waals surface area contributed by atoms with Gasteiger partial charge in [0.15, 0.2) is 0 Å². The van der Waals surface area contributed by atoms with Crippen molar-refractivity contribution in [2.45, 2.75) is 26.3 Å². The molecule has 0 bridgehead atoms. The maximum absolute atomic E-state index is 5.96. The number of pyridine rings is 1. The monoisotopic (exact) mass is 285 g/mol. The summed E-state index contributed by atoms with van der Waals surface area (Å²) in [4.78, 5) is 4.16. The molecule has 0 aliphatic heterocycles. The van der Waals surface area contributed by atoms with Gasteiger partial charge in [0.1, 0.15) is 11.6 Å². The molecule has 0 aliphatic rings. The Morgan fingerprint density at radius 2 is 2.10 bits per heavy atom. The van der Waals surface area contributed by atoms with Gasteiger partial charge in [-0.3, -0.25) is 0 Å². The van der Waals surface area contributed by atoms with Crippen LogP contribution in [0.2, 0.25) is 0 Å². The molecule has 0 saturated carbocycles. The van der Waals surface area contributed by atoms with Crippen LogP contribution in [0.1, 0.15) is 31.0 Å². The predicted molar refractivity (Wildman–Crippen MR) is 86.4 cm³/mol. The van der Waals surface area contributed by atoms with Gasteiger partial charge in [-0.15, -0.1) is 0 Å². The average Bonchev–Trinajstić information content (AvgIpc) is 2.49. The third-order valence-corrected chi connectivity index (χ3v) is 3.37. The Morgan fingerprint density at radius 1 is 1.24 bits per heavy atom. The Hall–Kier alpha value is -2.07. The summed E-state index contributed by atoms with van der Waals surface area (Å²) in [6.45, 7) is 5.66. The summed E-state index contributed by atoms with van der Waals surface area (Å²) in [5, 5.41) is 3.51. The topological polar surface area (TPSA) is 60.2 Å². The van der Waals surface area contributed by atoms with Gasteiger partial charge >= 0.3 is 0 Å². The van der Waals surface area contributed by atoms with Gasteiger partial charge in [-0.2, -0.15) is 0 Å². The number of nitrogens with one attached hydrogen (secondary N) is 1. The minimum absolute atomic E-state index is 0.196. The van der Waals surface area contributed by atoms with Crippen molar-refractivity contribution >= 4 is 5.82 Å². The number of nitrogens with zero attached hydrogens (tertiary/aromatic N) is 1. The van der Waals surface area contributed by atoms with E-state index in [1.807, 2.05) is 31.2 Å². The van der Waals surface area contributed by atoms with E-state index in [4.69, 9.17) is 10.5 Å². The number of rotatable bonds is 7. The molecule has 1 aromatic heterocycles. The molecule has 1 atom stereocenters. The summed E-state index contributed by atoms with van der Waals surface area (Å²) in [7, 11) is 0. The first-order valence-corrected chi connectivity index (χ1v) is 7.40. The first-order valence-electron chi connectivity index (χ1n) is 7.40. The van der Waals surface area contributed by atoms with Gasteiger partial charge in [-0.1, -0.05) is 25.1 Å². The highest BCUT2D eigenvalue weighted by atomic mass is 16.5. The van der Waals surface area contributed by atoms with Crippen LogP contribution in [0.15, 0.2) is 42.6 Å². The number of anilines is 1. The van der Waals surface area contributed by atoms with Gasteiger partial charge in [-0.05, 0) is 49.2 Å². The van der Waals surface area contributed by atoms with Crippen LogP contribution < -0.4 is 15.8 Å². The van der Waals surface area contributed by atoms with Crippen molar-refractivity contribution in [3.63, 3.8) is 0 Å². The Balaban J connectivity index is 2.22. The van der Waals surface area contributed by atoms with Crippen LogP contribution in [-0.2, 0) is 6.42 Å². The molecule has 0 saturated heterocycles. The predicted octanol–water partition coefficient (Wildman–Crippen LogP) is 2.96. The molecule has 0 fully saturated rings. The second-order valence-corrected chi connectivity index (χ2v) is 4.87. The van der Waals surface area contributed by atoms with E-state index in [0.717, 1.165) is 24.3 Å². The van der Waals surface area contributed by atoms with Crippen LogP contribution in [0.5, 0.6) is 5.75 Å². The Bertz CT molecular complexity index is 571. The molecule has 2 rings (SSSR count). The average molecular weight is 285 g/mol. The Morgan fingerprint density at radius 3 is 2.81 bits per heavy atom. The van der Waals surface area contributed by atoms with Gasteiger partial charge in [0.05, 0.1) is 6.61 Å². The van der Waals surface area contributed by atoms with Crippen LogP contribution in [-0.4, -0.2) is 18.1 Å². The van der Waals surface area contributed by atoms with Crippen LogP contribution >= 0.6 is 0 Å². The number of aromatic nitrogens is 1. The lowest BCUT2D eigenvalue weighted by Gasteiger charge is -2.20. The van der Waals surface area contributed by atoms with E-state index in [1.54, 1.807) is 6.20 Å². The zero-order valence-corrected chi connectivity index (χ0v) is 12.7. The van der Waals surface area contributed by atoms with Crippen LogP contribution in [0.3, 0.4) is 0 Å². The molecule has 4 nitrogen and oxygen atoms in total. The first-order chi connectivity index (χ1) is 10.2. The summed E-state index contributed by atoms with van der Waals surface area (Å²) >= 11 is 0. The standard InChI is InChI=1S/C17H23N3O/c1-3-19-16(12-14-8-6-10-20-17(14)18)13-7-5-9-15(11-13)21-4-2/h5-11,16,19H,3-4,12H2,1-2H3,(H2,18,20). The highest BCUT2D eigenvalue weighted by Gasteiger charge is 2.13. The summed E-state index contributed by atoms with van der Waals surface area (Å²) in [6, 6.07) is 12.4. The van der Waals surface area contributed by atoms with E-state index in [2.05, 4.69) is 29.4 Å². The molecule has 1 heterocycles. The summed E-state index contributed by atoms with van der Waals surface area (Å²) < 4.78 is 5.58. The minimum atomic E-state index is 0.196. The van der Waals surface area contributed by atoms with Gasteiger partial charge in [0.2, 0.25) is 0 Å². The van der Waals surface area contributed by atoms with Crippen molar-refractivity contribution in [3.05, 3.63) is 53.7 Å². The van der Waals surface area contributed by atoms with Gasteiger partial charge in [0.25, 0.3) is 0 Å². The van der Waals surface area contributed by atoms with Crippen molar-refractivity contribution in [2.24, 2.45) is 0 Å². The molecular formula is C17H23N3O. The van der Waals surface area contributed by atoms with Gasteiger partial charge in [0, 0.05) is 12.2 Å². The second kappa shape index (κ2) is 7.64. The number of nitrogen functional groups attached to an aromatic ring is 1. The molecule has 0 aliphatic carbocycles. The lowest BCUT2D eigenvalue weighted by Crippen LogP contribution is -2.23. The van der Waals surface area contributed by atoms with Gasteiger partial charge in [-0.25, -0.2) is 4.98 Å². The third-order valence-electron chi connectivity index (χ3n) is 3.37. The quantitative estimate of drug-likeness (QED) is 0.821. The molecule has 0 radical (unpaired) electrons. The van der Waals surface area contributed by atoms with Gasteiger partial charge < -0.3 is 15.8 Å². The molecule has 4 heteroatoms. The maximum Gasteiger partial charge on any atom is 0.126 e. The number of hydrogen-bond donors (Lipinski definition) is 2. The van der Waals surface area contributed by atoms with E-state index in [0.29, 0.717) is 12.4 Å². The normalized spacial score (nSPS) is 12.1. The smallest absolute Gasteiger partial charge is 0.126 e. The molecule has 2 aromatic rings. The van der Waals surface area contributed by atoms with E-state index in [9.17, 15) is 0 Å². The summed E-state index contributed by atoms with van der Waals surface area (Å²) in [6.07, 6.45) is 2.53. The second-order valence-electron chi connectivity index (χ2n) is 4.87. The fraction of sp³-hybridized carbons (Fsp3) is 0.353. The van der Waals surface area contributed by atoms with Crippen molar-refractivity contribution in [2.75, 3.05) is 18.9 Å². The molecule has 0 spiro atoms. The third kappa shape index (κ3) is 4.20. The zero-order valence-electron chi connectivity index (χ0n) is 12.7. The van der Waals surface area contributed by atoms with Crippen LogP contribution in [0.25, 0.3) is 0 Å². The summed E-state index contributed by atoms with van der Waals surface area (Å²) in [5.74, 6) is 1.50. The lowest BCUT2D eigenvalue weighted by atomic mass is 9.99. The molecule has 21 heavy (non-hydrogen) atoms. The lowest BCUT2D eigenvalue weighted by molar-refractivity contribution is 0.339. The van der Waals surface area contributed by atoms with Crippen LogP contribution in [0, 0.1) is 0 Å². The first kappa shape index (κ1) is 15.3. The van der Waals surface area contributed by atoms with Crippen molar-refractivity contribution in [1.82, 2.24) is 10.3 Å². The number of benzene rings is 1. The van der Waals surface area contributed by atoms with E-state index in [-0.39, 0.29) is 6.04 Å². The molecule has 1 aromatic carbocycles. The molecule has 3 N–H and O–H groups in total. The van der Waals surface area contributed by atoms with Crippen LogP contribution in [0.4, 0.5) is 5.82 Å². The number of nitrogens with two attached hydrogens (primary N) is 1. The fourth-order valence-electron chi connectivity index (χ4n) is 2.39. The SMILES string of the molecule is CCNC(Cc1cccnc1N)c1cccc(OCC)c1. The van der Waals surface area contributed by atoms with E-state index in [1.165, 1.54) is 5.56 Å². The maximum atomic E-state index is 5.96. The molecule has 112 valence electrons. The number of ether oxygens (including phenoxy) is 1. The zero-order chi connectivity index (χ0) is 15.1. The van der Waals surface area contributed by atoms with Crippen molar-refractivity contribution in [1.29, 1.82) is 0 Å². The van der Waals surface area contributed by atoms with Crippen molar-refractivity contribution in [3.8, 4) is 5.75 Å². The summed E-state index contributed by atoms with van der Waals surface area (Å²) in [5.41, 5.74) is 8.22. The minimum Gasteiger partial charge on any atom is -0.494 e. The molecule has 1 unspecified atom stereocenters. The van der Waals surface area contributed by atoms with Crippen molar-refractivity contribution < 1.29 is 4.74 Å². The van der Waals surface area contributed by atoms with E-state index < -0.39 is 0 Å².